The molecule has 2 heterocycles. The fourth-order valence-electron chi connectivity index (χ4n) is 3.00. The third-order valence-electron chi connectivity index (χ3n) is 4.57. The molecule has 1 aromatic carbocycles. The first-order chi connectivity index (χ1) is 12.6. The van der Waals surface area contributed by atoms with E-state index in [0.29, 0.717) is 23.2 Å². The van der Waals surface area contributed by atoms with Crippen molar-refractivity contribution in [3.8, 4) is 11.3 Å². The first-order valence-corrected chi connectivity index (χ1v) is 8.59. The standard InChI is InChI=1S/C19H20N4O3/c1-11(16-10-17(25-22-16)13-6-4-3-5-7-13)20-15-8-14(9-15)19-21-18(12(2)24)23-26-19/h3-7,10,12,14-15,20,24H,1,8-9H2,2H3/t12-,14-,15-/m1/s1. The number of hydrogen-bond donors (Lipinski definition) is 2. The van der Waals surface area contributed by atoms with Crippen LogP contribution in [0.15, 0.2) is 52.0 Å². The van der Waals surface area contributed by atoms with E-state index < -0.39 is 6.10 Å². The van der Waals surface area contributed by atoms with Crippen LogP contribution in [0.3, 0.4) is 0 Å². The molecule has 3 aromatic rings. The van der Waals surface area contributed by atoms with Gasteiger partial charge in [-0.05, 0) is 19.8 Å². The van der Waals surface area contributed by atoms with Crippen molar-refractivity contribution < 1.29 is 14.2 Å². The van der Waals surface area contributed by atoms with E-state index in [-0.39, 0.29) is 12.0 Å². The topological polar surface area (TPSA) is 97.2 Å². The molecule has 1 aliphatic rings. The van der Waals surface area contributed by atoms with Crippen LogP contribution in [0.1, 0.15) is 49.2 Å². The lowest BCUT2D eigenvalue weighted by Crippen LogP contribution is -2.39. The van der Waals surface area contributed by atoms with E-state index in [1.165, 1.54) is 0 Å². The zero-order valence-corrected chi connectivity index (χ0v) is 14.4. The van der Waals surface area contributed by atoms with Crippen molar-refractivity contribution in [2.75, 3.05) is 0 Å². The molecule has 1 saturated carbocycles. The molecule has 2 aromatic heterocycles. The minimum absolute atomic E-state index is 0.206. The first kappa shape index (κ1) is 16.5. The fraction of sp³-hybridized carbons (Fsp3) is 0.316. The Kier molecular flexibility index (Phi) is 4.30. The van der Waals surface area contributed by atoms with E-state index in [0.717, 1.165) is 24.1 Å². The average Bonchev–Trinajstić information content (AvgIpc) is 3.28. The van der Waals surface area contributed by atoms with Crippen molar-refractivity contribution in [3.63, 3.8) is 0 Å². The second-order valence-electron chi connectivity index (χ2n) is 6.60. The Morgan fingerprint density at radius 3 is 2.69 bits per heavy atom. The number of aliphatic hydroxyl groups is 1. The SMILES string of the molecule is C=C(N[C@H]1C[C@H](c2nc([C@@H](C)O)no2)C1)c1cc(-c2ccccc2)on1. The maximum Gasteiger partial charge on any atom is 0.230 e. The number of nitrogens with one attached hydrogen (secondary N) is 1. The van der Waals surface area contributed by atoms with Gasteiger partial charge in [0.15, 0.2) is 11.6 Å². The van der Waals surface area contributed by atoms with Gasteiger partial charge in [0.25, 0.3) is 0 Å². The van der Waals surface area contributed by atoms with Crippen molar-refractivity contribution in [2.24, 2.45) is 0 Å². The molecule has 0 saturated heterocycles. The summed E-state index contributed by atoms with van der Waals surface area (Å²) in [5, 5.41) is 20.7. The maximum atomic E-state index is 9.47. The smallest absolute Gasteiger partial charge is 0.230 e. The highest BCUT2D eigenvalue weighted by molar-refractivity contribution is 5.65. The van der Waals surface area contributed by atoms with Gasteiger partial charge in [-0.25, -0.2) is 0 Å². The number of hydrogen-bond acceptors (Lipinski definition) is 7. The molecule has 7 heteroatoms. The number of aromatic nitrogens is 3. The van der Waals surface area contributed by atoms with E-state index >= 15 is 0 Å². The second kappa shape index (κ2) is 6.76. The predicted octanol–water partition coefficient (Wildman–Crippen LogP) is 3.28. The van der Waals surface area contributed by atoms with Crippen LogP contribution in [0, 0.1) is 0 Å². The van der Waals surface area contributed by atoms with Gasteiger partial charge < -0.3 is 19.5 Å². The summed E-state index contributed by atoms with van der Waals surface area (Å²) in [6.45, 7) is 5.68. The molecule has 0 radical (unpaired) electrons. The first-order valence-electron chi connectivity index (χ1n) is 8.59. The van der Waals surface area contributed by atoms with Crippen LogP contribution in [0.4, 0.5) is 0 Å². The van der Waals surface area contributed by atoms with Crippen LogP contribution >= 0.6 is 0 Å². The monoisotopic (exact) mass is 352 g/mol. The van der Waals surface area contributed by atoms with Crippen molar-refractivity contribution in [1.29, 1.82) is 0 Å². The molecule has 2 N–H and O–H groups in total. The maximum absolute atomic E-state index is 9.47. The number of aliphatic hydroxyl groups excluding tert-OH is 1. The Bertz CT molecular complexity index is 894. The highest BCUT2D eigenvalue weighted by atomic mass is 16.5. The Morgan fingerprint density at radius 2 is 2.00 bits per heavy atom. The van der Waals surface area contributed by atoms with Crippen LogP contribution < -0.4 is 5.32 Å². The molecule has 0 unspecified atom stereocenters. The minimum atomic E-state index is -0.716. The third-order valence-corrected chi connectivity index (χ3v) is 4.57. The Morgan fingerprint density at radius 1 is 1.23 bits per heavy atom. The van der Waals surface area contributed by atoms with Crippen LogP contribution in [-0.4, -0.2) is 26.4 Å². The Labute approximate surface area is 150 Å². The lowest BCUT2D eigenvalue weighted by molar-refractivity contribution is 0.183. The van der Waals surface area contributed by atoms with Crippen molar-refractivity contribution in [3.05, 3.63) is 60.4 Å². The average molecular weight is 352 g/mol. The van der Waals surface area contributed by atoms with Gasteiger partial charge >= 0.3 is 0 Å². The molecule has 4 rings (SSSR count). The molecule has 0 aliphatic heterocycles. The molecule has 1 fully saturated rings. The molecule has 1 aliphatic carbocycles. The summed E-state index contributed by atoms with van der Waals surface area (Å²) in [5.41, 5.74) is 2.41. The van der Waals surface area contributed by atoms with Crippen LogP contribution in [0.25, 0.3) is 17.0 Å². The van der Waals surface area contributed by atoms with Crippen molar-refractivity contribution in [1.82, 2.24) is 20.6 Å². The lowest BCUT2D eigenvalue weighted by Gasteiger charge is -2.34. The Hall–Kier alpha value is -2.93. The fourth-order valence-corrected chi connectivity index (χ4v) is 3.00. The van der Waals surface area contributed by atoms with Crippen LogP contribution in [-0.2, 0) is 0 Å². The largest absolute Gasteiger partial charge is 0.385 e. The van der Waals surface area contributed by atoms with E-state index in [4.69, 9.17) is 9.05 Å². The molecular weight excluding hydrogens is 332 g/mol. The normalized spacial score (nSPS) is 20.4. The highest BCUT2D eigenvalue weighted by Crippen LogP contribution is 2.37. The summed E-state index contributed by atoms with van der Waals surface area (Å²) < 4.78 is 10.6. The van der Waals surface area contributed by atoms with Gasteiger partial charge in [-0.2, -0.15) is 4.98 Å². The molecule has 0 spiro atoms. The number of benzene rings is 1. The second-order valence-corrected chi connectivity index (χ2v) is 6.60. The molecule has 26 heavy (non-hydrogen) atoms. The molecule has 7 nitrogen and oxygen atoms in total. The molecule has 1 atom stereocenters. The predicted molar refractivity (Wildman–Crippen MR) is 94.8 cm³/mol. The van der Waals surface area contributed by atoms with Crippen LogP contribution in [0.5, 0.6) is 0 Å². The summed E-state index contributed by atoms with van der Waals surface area (Å²) in [6.07, 6.45) is 1.01. The summed E-state index contributed by atoms with van der Waals surface area (Å²) in [6, 6.07) is 12.0. The van der Waals surface area contributed by atoms with Gasteiger partial charge in [0.2, 0.25) is 5.89 Å². The van der Waals surface area contributed by atoms with E-state index in [9.17, 15) is 5.11 Å². The number of rotatable bonds is 6. The highest BCUT2D eigenvalue weighted by Gasteiger charge is 2.35. The van der Waals surface area contributed by atoms with Crippen LogP contribution in [0.2, 0.25) is 0 Å². The summed E-state index contributed by atoms with van der Waals surface area (Å²) in [4.78, 5) is 4.24. The van der Waals surface area contributed by atoms with Crippen molar-refractivity contribution in [2.45, 2.75) is 37.8 Å². The zero-order chi connectivity index (χ0) is 18.1. The van der Waals surface area contributed by atoms with Gasteiger partial charge in [0.05, 0.1) is 5.70 Å². The quantitative estimate of drug-likeness (QED) is 0.702. The molecular formula is C19H20N4O3. The Balaban J connectivity index is 1.33. The van der Waals surface area contributed by atoms with Gasteiger partial charge in [-0.1, -0.05) is 47.2 Å². The van der Waals surface area contributed by atoms with Gasteiger partial charge in [-0.15, -0.1) is 0 Å². The summed E-state index contributed by atoms with van der Waals surface area (Å²) in [5.74, 6) is 1.83. The lowest BCUT2D eigenvalue weighted by atomic mass is 9.80. The molecule has 134 valence electrons. The zero-order valence-electron chi connectivity index (χ0n) is 14.4. The van der Waals surface area contributed by atoms with E-state index in [2.05, 4.69) is 27.2 Å². The number of nitrogens with zero attached hydrogens (tertiary/aromatic N) is 3. The van der Waals surface area contributed by atoms with Gasteiger partial charge in [0, 0.05) is 23.6 Å². The molecule has 0 bridgehead atoms. The molecule has 0 amide bonds. The van der Waals surface area contributed by atoms with E-state index in [1.807, 2.05) is 36.4 Å². The third kappa shape index (κ3) is 3.25. The summed E-state index contributed by atoms with van der Waals surface area (Å²) in [7, 11) is 0. The van der Waals surface area contributed by atoms with Crippen molar-refractivity contribution >= 4 is 5.70 Å². The van der Waals surface area contributed by atoms with Gasteiger partial charge in [-0.3, -0.25) is 0 Å². The van der Waals surface area contributed by atoms with E-state index in [1.54, 1.807) is 6.92 Å². The minimum Gasteiger partial charge on any atom is -0.385 e. The van der Waals surface area contributed by atoms with Gasteiger partial charge in [0.1, 0.15) is 11.8 Å². The summed E-state index contributed by atoms with van der Waals surface area (Å²) >= 11 is 0.